The largest absolute Gasteiger partial charge is 0.488 e. The molecule has 0 amide bonds. The maximum atomic E-state index is 6.25. The third-order valence-corrected chi connectivity index (χ3v) is 5.39. The molecule has 0 aliphatic rings. The summed E-state index contributed by atoms with van der Waals surface area (Å²) in [5.41, 5.74) is 5.14. The lowest BCUT2D eigenvalue weighted by Gasteiger charge is -2.05. The Hall–Kier alpha value is -1.79. The maximum absolute atomic E-state index is 6.25. The van der Waals surface area contributed by atoms with Crippen molar-refractivity contribution in [1.82, 2.24) is 4.98 Å². The highest BCUT2D eigenvalue weighted by atomic mass is 35.5. The number of aromatic nitrogens is 1. The summed E-state index contributed by atoms with van der Waals surface area (Å²) in [6, 6.07) is 13.1. The van der Waals surface area contributed by atoms with Crippen molar-refractivity contribution >= 4 is 57.0 Å². The third-order valence-electron chi connectivity index (χ3n) is 3.35. The van der Waals surface area contributed by atoms with Crippen LogP contribution in [0.3, 0.4) is 0 Å². The van der Waals surface area contributed by atoms with Crippen LogP contribution in [0.4, 0.5) is 5.13 Å². The molecule has 2 aromatic carbocycles. The van der Waals surface area contributed by atoms with Crippen LogP contribution in [0, 0.1) is 0 Å². The number of hydrogen-bond donors (Lipinski definition) is 1. The van der Waals surface area contributed by atoms with E-state index in [-0.39, 0.29) is 0 Å². The van der Waals surface area contributed by atoms with Crippen molar-refractivity contribution in [2.45, 2.75) is 6.92 Å². The summed E-state index contributed by atoms with van der Waals surface area (Å²) in [7, 11) is 0. The highest BCUT2D eigenvalue weighted by molar-refractivity contribution is 7.14. The summed E-state index contributed by atoms with van der Waals surface area (Å²) < 4.78 is 5.64. The summed E-state index contributed by atoms with van der Waals surface area (Å²) in [6.07, 6.45) is 0. The number of para-hydroxylation sites is 1. The lowest BCUT2D eigenvalue weighted by Crippen LogP contribution is -2.09. The molecule has 3 aromatic rings. The van der Waals surface area contributed by atoms with E-state index in [0.29, 0.717) is 32.5 Å². The van der Waals surface area contributed by atoms with Gasteiger partial charge in [0.1, 0.15) is 12.4 Å². The molecule has 4 nitrogen and oxygen atoms in total. The zero-order chi connectivity index (χ0) is 18.5. The molecule has 8 heteroatoms. The van der Waals surface area contributed by atoms with Gasteiger partial charge < -0.3 is 4.74 Å². The molecular formula is C18H14Cl3N3OS. The molecule has 26 heavy (non-hydrogen) atoms. The summed E-state index contributed by atoms with van der Waals surface area (Å²) >= 11 is 19.7. The second kappa shape index (κ2) is 8.73. The lowest BCUT2D eigenvalue weighted by molar-refractivity contribution is 0.376. The molecule has 0 aliphatic heterocycles. The van der Waals surface area contributed by atoms with E-state index in [1.807, 2.05) is 42.6 Å². The van der Waals surface area contributed by atoms with Crippen molar-refractivity contribution in [2.75, 3.05) is 12.0 Å². The summed E-state index contributed by atoms with van der Waals surface area (Å²) in [5.74, 6) is 0.799. The third kappa shape index (κ3) is 4.68. The van der Waals surface area contributed by atoms with Crippen molar-refractivity contribution in [3.05, 3.63) is 62.9 Å². The molecule has 0 unspecified atom stereocenters. The van der Waals surface area contributed by atoms with E-state index in [1.54, 1.807) is 12.1 Å². The van der Waals surface area contributed by atoms with Gasteiger partial charge in [-0.1, -0.05) is 53.0 Å². The highest BCUT2D eigenvalue weighted by Gasteiger charge is 2.13. The molecule has 0 radical (unpaired) electrons. The lowest BCUT2D eigenvalue weighted by atomic mass is 10.2. The zero-order valence-corrected chi connectivity index (χ0v) is 16.8. The van der Waals surface area contributed by atoms with Crippen LogP contribution in [-0.2, 0) is 0 Å². The molecule has 0 spiro atoms. The number of thiazole rings is 1. The van der Waals surface area contributed by atoms with Crippen LogP contribution in [0.5, 0.6) is 5.75 Å². The van der Waals surface area contributed by atoms with Gasteiger partial charge in [-0.2, -0.15) is 5.10 Å². The molecule has 1 heterocycles. The van der Waals surface area contributed by atoms with Crippen LogP contribution in [0.1, 0.15) is 6.92 Å². The summed E-state index contributed by atoms with van der Waals surface area (Å²) in [5, 5.41) is 7.91. The number of hydrazone groups is 1. The first-order valence-corrected chi connectivity index (χ1v) is 9.62. The van der Waals surface area contributed by atoms with E-state index in [2.05, 4.69) is 15.5 Å². The van der Waals surface area contributed by atoms with Gasteiger partial charge in [-0.25, -0.2) is 4.98 Å². The molecule has 0 aliphatic carbocycles. The Morgan fingerprint density at radius 3 is 2.65 bits per heavy atom. The molecule has 0 atom stereocenters. The first-order chi connectivity index (χ1) is 12.5. The topological polar surface area (TPSA) is 46.5 Å². The summed E-state index contributed by atoms with van der Waals surface area (Å²) in [4.78, 5) is 4.48. The molecule has 0 bridgehead atoms. The van der Waals surface area contributed by atoms with E-state index >= 15 is 0 Å². The molecule has 3 rings (SSSR count). The van der Waals surface area contributed by atoms with Crippen molar-refractivity contribution in [1.29, 1.82) is 0 Å². The van der Waals surface area contributed by atoms with Gasteiger partial charge in [-0.05, 0) is 31.2 Å². The molecule has 1 aromatic heterocycles. The molecule has 1 N–H and O–H groups in total. The van der Waals surface area contributed by atoms with Crippen molar-refractivity contribution in [3.8, 4) is 17.0 Å². The average molecular weight is 427 g/mol. The Balaban J connectivity index is 1.64. The fraction of sp³-hybridized carbons (Fsp3) is 0.111. The fourth-order valence-electron chi connectivity index (χ4n) is 2.05. The van der Waals surface area contributed by atoms with E-state index in [9.17, 15) is 0 Å². The Morgan fingerprint density at radius 2 is 1.88 bits per heavy atom. The SMILES string of the molecule is C/C(COc1ccccc1)=N\Nc1nc(-c2ccc(Cl)c(Cl)c2Cl)cs1. The van der Waals surface area contributed by atoms with Gasteiger partial charge >= 0.3 is 0 Å². The minimum Gasteiger partial charge on any atom is -0.488 e. The first kappa shape index (κ1) is 19.0. The molecule has 0 fully saturated rings. The number of ether oxygens (including phenoxy) is 1. The average Bonchev–Trinajstić information content (AvgIpc) is 3.12. The normalized spacial score (nSPS) is 11.5. The van der Waals surface area contributed by atoms with Crippen LogP contribution < -0.4 is 10.2 Å². The van der Waals surface area contributed by atoms with Crippen molar-refractivity contribution in [2.24, 2.45) is 5.10 Å². The van der Waals surface area contributed by atoms with Crippen LogP contribution in [0.15, 0.2) is 52.9 Å². The predicted molar refractivity (Wildman–Crippen MR) is 111 cm³/mol. The van der Waals surface area contributed by atoms with Gasteiger partial charge in [-0.3, -0.25) is 5.43 Å². The quantitative estimate of drug-likeness (QED) is 0.273. The van der Waals surface area contributed by atoms with Crippen molar-refractivity contribution in [3.63, 3.8) is 0 Å². The van der Waals surface area contributed by atoms with Crippen LogP contribution in [0.2, 0.25) is 15.1 Å². The van der Waals surface area contributed by atoms with Gasteiger partial charge in [0.2, 0.25) is 5.13 Å². The Kier molecular flexibility index (Phi) is 6.38. The van der Waals surface area contributed by atoms with Gasteiger partial charge in [0.05, 0.1) is 26.5 Å². The van der Waals surface area contributed by atoms with Crippen LogP contribution in [-0.4, -0.2) is 17.3 Å². The second-order valence-corrected chi connectivity index (χ2v) is 7.34. The molecule has 0 saturated heterocycles. The van der Waals surface area contributed by atoms with Crippen molar-refractivity contribution < 1.29 is 4.74 Å². The first-order valence-electron chi connectivity index (χ1n) is 7.61. The number of rotatable bonds is 6. The van der Waals surface area contributed by atoms with Gasteiger partial charge in [0.25, 0.3) is 0 Å². The number of nitrogens with zero attached hydrogens (tertiary/aromatic N) is 2. The standard InChI is InChI=1S/C18H14Cl3N3OS/c1-11(9-25-12-5-3-2-4-6-12)23-24-18-22-15(10-26-18)13-7-8-14(19)17(21)16(13)20/h2-8,10H,9H2,1H3,(H,22,24)/b23-11+. The zero-order valence-electron chi connectivity index (χ0n) is 13.7. The van der Waals surface area contributed by atoms with E-state index in [1.165, 1.54) is 11.3 Å². The van der Waals surface area contributed by atoms with Gasteiger partial charge in [0.15, 0.2) is 0 Å². The monoisotopic (exact) mass is 425 g/mol. The molecular weight excluding hydrogens is 413 g/mol. The van der Waals surface area contributed by atoms with Gasteiger partial charge in [-0.15, -0.1) is 11.3 Å². The molecule has 0 saturated carbocycles. The number of halogens is 3. The minimum atomic E-state index is 0.320. The number of hydrogen-bond acceptors (Lipinski definition) is 5. The number of benzene rings is 2. The molecule has 134 valence electrons. The minimum absolute atomic E-state index is 0.320. The predicted octanol–water partition coefficient (Wildman–Crippen LogP) is 6.64. The highest BCUT2D eigenvalue weighted by Crippen LogP contribution is 2.38. The van der Waals surface area contributed by atoms with Crippen LogP contribution in [0.25, 0.3) is 11.3 Å². The van der Waals surface area contributed by atoms with E-state index in [0.717, 1.165) is 17.0 Å². The Bertz CT molecular complexity index is 929. The number of nitrogens with one attached hydrogen (secondary N) is 1. The Morgan fingerprint density at radius 1 is 1.12 bits per heavy atom. The van der Waals surface area contributed by atoms with Crippen LogP contribution >= 0.6 is 46.1 Å². The van der Waals surface area contributed by atoms with E-state index < -0.39 is 0 Å². The maximum Gasteiger partial charge on any atom is 0.203 e. The number of anilines is 1. The smallest absolute Gasteiger partial charge is 0.203 e. The Labute approximate surface area is 170 Å². The van der Waals surface area contributed by atoms with Gasteiger partial charge in [0, 0.05) is 10.9 Å². The fourth-order valence-corrected chi connectivity index (χ4v) is 3.34. The second-order valence-electron chi connectivity index (χ2n) is 5.32. The van der Waals surface area contributed by atoms with E-state index in [4.69, 9.17) is 39.5 Å². The summed E-state index contributed by atoms with van der Waals surface area (Å²) in [6.45, 7) is 2.26.